The predicted octanol–water partition coefficient (Wildman–Crippen LogP) is 4.36. The lowest BCUT2D eigenvalue weighted by atomic mass is 9.92. The zero-order valence-electron chi connectivity index (χ0n) is 10.7. The second-order valence-corrected chi connectivity index (χ2v) is 7.22. The monoisotopic (exact) mass is 271 g/mol. The minimum absolute atomic E-state index is 0.604. The lowest BCUT2D eigenvalue weighted by molar-refractivity contribution is 0.355. The molecular formula is C14H22ClNS. The molecule has 2 atom stereocenters. The van der Waals surface area contributed by atoms with E-state index in [2.05, 4.69) is 25.2 Å². The van der Waals surface area contributed by atoms with Gasteiger partial charge in [-0.3, -0.25) is 0 Å². The van der Waals surface area contributed by atoms with Gasteiger partial charge in [-0.15, -0.1) is 11.3 Å². The molecule has 1 aromatic heterocycles. The Bertz CT molecular complexity index is 348. The first-order valence-electron chi connectivity index (χ1n) is 6.62. The topological polar surface area (TPSA) is 12.0 Å². The zero-order chi connectivity index (χ0) is 12.3. The minimum Gasteiger partial charge on any atom is -0.314 e. The van der Waals surface area contributed by atoms with Gasteiger partial charge >= 0.3 is 0 Å². The quantitative estimate of drug-likeness (QED) is 0.839. The summed E-state index contributed by atoms with van der Waals surface area (Å²) in [6.45, 7) is 5.63. The maximum atomic E-state index is 5.99. The highest BCUT2D eigenvalue weighted by molar-refractivity contribution is 7.16. The fourth-order valence-electron chi connectivity index (χ4n) is 2.76. The second-order valence-electron chi connectivity index (χ2n) is 5.42. The molecule has 3 heteroatoms. The minimum atomic E-state index is 0.604. The average molecular weight is 272 g/mol. The molecule has 1 aliphatic rings. The molecule has 1 nitrogen and oxygen atoms in total. The van der Waals surface area contributed by atoms with Crippen LogP contribution in [0.15, 0.2) is 12.1 Å². The van der Waals surface area contributed by atoms with Gasteiger partial charge in [0.1, 0.15) is 0 Å². The van der Waals surface area contributed by atoms with E-state index < -0.39 is 0 Å². The first kappa shape index (κ1) is 13.4. The molecule has 1 aliphatic carbocycles. The van der Waals surface area contributed by atoms with Crippen molar-refractivity contribution in [3.05, 3.63) is 21.3 Å². The van der Waals surface area contributed by atoms with Crippen molar-refractivity contribution in [2.24, 2.45) is 11.8 Å². The van der Waals surface area contributed by atoms with E-state index in [4.69, 9.17) is 11.6 Å². The molecule has 2 rings (SSSR count). The molecule has 1 N–H and O–H groups in total. The number of rotatable bonds is 5. The molecule has 0 amide bonds. The van der Waals surface area contributed by atoms with Gasteiger partial charge in [0, 0.05) is 10.9 Å². The van der Waals surface area contributed by atoms with Gasteiger partial charge in [0.2, 0.25) is 0 Å². The van der Waals surface area contributed by atoms with E-state index in [1.807, 2.05) is 6.07 Å². The van der Waals surface area contributed by atoms with Gasteiger partial charge in [0.15, 0.2) is 0 Å². The lowest BCUT2D eigenvalue weighted by Crippen LogP contribution is -2.31. The lowest BCUT2D eigenvalue weighted by Gasteiger charge is -2.20. The van der Waals surface area contributed by atoms with Crippen LogP contribution < -0.4 is 5.32 Å². The van der Waals surface area contributed by atoms with Crippen LogP contribution in [0.5, 0.6) is 0 Å². The molecule has 0 bridgehead atoms. The summed E-state index contributed by atoms with van der Waals surface area (Å²) in [5.74, 6) is 1.72. The Hall–Kier alpha value is -0.0500. The van der Waals surface area contributed by atoms with Gasteiger partial charge in [-0.05, 0) is 49.8 Å². The molecule has 1 fully saturated rings. The number of thiophene rings is 1. The van der Waals surface area contributed by atoms with Crippen LogP contribution in [0, 0.1) is 11.8 Å². The number of halogens is 1. The normalized spacial score (nSPS) is 24.7. The molecule has 1 heterocycles. The molecule has 2 unspecified atom stereocenters. The van der Waals surface area contributed by atoms with Gasteiger partial charge in [0.05, 0.1) is 4.34 Å². The highest BCUT2D eigenvalue weighted by Crippen LogP contribution is 2.35. The first-order chi connectivity index (χ1) is 8.15. The van der Waals surface area contributed by atoms with Crippen LogP contribution in [0.1, 0.15) is 38.0 Å². The van der Waals surface area contributed by atoms with Crippen LogP contribution in [0.25, 0.3) is 0 Å². The Balaban J connectivity index is 1.86. The number of nitrogens with one attached hydrogen (secondary N) is 1. The Morgan fingerprint density at radius 2 is 2.12 bits per heavy atom. The third kappa shape index (κ3) is 3.97. The Labute approximate surface area is 114 Å². The molecule has 17 heavy (non-hydrogen) atoms. The second kappa shape index (κ2) is 6.21. The van der Waals surface area contributed by atoms with Crippen LogP contribution >= 0.6 is 22.9 Å². The van der Waals surface area contributed by atoms with Gasteiger partial charge in [0.25, 0.3) is 0 Å². The number of hydrogen-bond acceptors (Lipinski definition) is 2. The van der Waals surface area contributed by atoms with Crippen molar-refractivity contribution in [3.63, 3.8) is 0 Å². The zero-order valence-corrected chi connectivity index (χ0v) is 12.3. The summed E-state index contributed by atoms with van der Waals surface area (Å²) in [5.41, 5.74) is 0. The smallest absolute Gasteiger partial charge is 0.0931 e. The fraction of sp³-hybridized carbons (Fsp3) is 0.714. The largest absolute Gasteiger partial charge is 0.314 e. The highest BCUT2D eigenvalue weighted by Gasteiger charge is 2.27. The van der Waals surface area contributed by atoms with Crippen LogP contribution in [-0.2, 0) is 6.42 Å². The van der Waals surface area contributed by atoms with Gasteiger partial charge in [-0.25, -0.2) is 0 Å². The third-order valence-electron chi connectivity index (χ3n) is 3.70. The van der Waals surface area contributed by atoms with Crippen molar-refractivity contribution in [2.75, 3.05) is 6.54 Å². The maximum Gasteiger partial charge on any atom is 0.0931 e. The molecule has 0 radical (unpaired) electrons. The Morgan fingerprint density at radius 3 is 2.76 bits per heavy atom. The third-order valence-corrected chi connectivity index (χ3v) is 4.95. The summed E-state index contributed by atoms with van der Waals surface area (Å²) in [4.78, 5) is 1.46. The van der Waals surface area contributed by atoms with Crippen LogP contribution in [0.2, 0.25) is 4.34 Å². The van der Waals surface area contributed by atoms with Crippen LogP contribution in [0.3, 0.4) is 0 Å². The van der Waals surface area contributed by atoms with E-state index in [1.165, 1.54) is 37.1 Å². The van der Waals surface area contributed by atoms with E-state index in [0.29, 0.717) is 6.04 Å². The van der Waals surface area contributed by atoms with Crippen molar-refractivity contribution in [1.82, 2.24) is 5.32 Å². The van der Waals surface area contributed by atoms with Crippen LogP contribution in [-0.4, -0.2) is 12.6 Å². The van der Waals surface area contributed by atoms with Gasteiger partial charge in [-0.2, -0.15) is 0 Å². The number of hydrogen-bond donors (Lipinski definition) is 1. The van der Waals surface area contributed by atoms with Crippen LogP contribution in [0.4, 0.5) is 0 Å². The SMILES string of the molecule is CC(C)NCC1CCCC1Cc1ccc(Cl)s1. The maximum absolute atomic E-state index is 5.99. The fourth-order valence-corrected chi connectivity index (χ4v) is 3.94. The highest BCUT2D eigenvalue weighted by atomic mass is 35.5. The molecular weight excluding hydrogens is 250 g/mol. The van der Waals surface area contributed by atoms with E-state index >= 15 is 0 Å². The predicted molar refractivity (Wildman–Crippen MR) is 77.0 cm³/mol. The molecule has 0 spiro atoms. The summed E-state index contributed by atoms with van der Waals surface area (Å²) >= 11 is 7.74. The van der Waals surface area contributed by atoms with Crippen molar-refractivity contribution in [2.45, 2.75) is 45.6 Å². The van der Waals surface area contributed by atoms with Crippen molar-refractivity contribution >= 4 is 22.9 Å². The Morgan fingerprint density at radius 1 is 1.35 bits per heavy atom. The van der Waals surface area contributed by atoms with E-state index in [9.17, 15) is 0 Å². The molecule has 0 saturated heterocycles. The van der Waals surface area contributed by atoms with E-state index in [-0.39, 0.29) is 0 Å². The van der Waals surface area contributed by atoms with Crippen molar-refractivity contribution in [3.8, 4) is 0 Å². The molecule has 96 valence electrons. The summed E-state index contributed by atoms with van der Waals surface area (Å²) in [7, 11) is 0. The summed E-state index contributed by atoms with van der Waals surface area (Å²) in [5, 5.41) is 3.59. The summed E-state index contributed by atoms with van der Waals surface area (Å²) in [6.07, 6.45) is 5.40. The van der Waals surface area contributed by atoms with E-state index in [1.54, 1.807) is 11.3 Å². The average Bonchev–Trinajstić information content (AvgIpc) is 2.86. The first-order valence-corrected chi connectivity index (χ1v) is 7.82. The summed E-state index contributed by atoms with van der Waals surface area (Å²) in [6, 6.07) is 4.82. The molecule has 0 aliphatic heterocycles. The molecule has 1 aromatic rings. The van der Waals surface area contributed by atoms with Gasteiger partial charge in [-0.1, -0.05) is 31.9 Å². The summed E-state index contributed by atoms with van der Waals surface area (Å²) < 4.78 is 0.926. The van der Waals surface area contributed by atoms with Gasteiger partial charge < -0.3 is 5.32 Å². The molecule has 0 aromatic carbocycles. The van der Waals surface area contributed by atoms with E-state index in [0.717, 1.165) is 16.2 Å². The van der Waals surface area contributed by atoms with Crippen molar-refractivity contribution < 1.29 is 0 Å². The standard InChI is InChI=1S/C14H22ClNS/c1-10(2)16-9-12-5-3-4-11(12)8-13-6-7-14(15)17-13/h6-7,10-12,16H,3-5,8-9H2,1-2H3. The molecule has 1 saturated carbocycles. The van der Waals surface area contributed by atoms with Crippen molar-refractivity contribution in [1.29, 1.82) is 0 Å². The Kier molecular flexibility index (Phi) is 4.89.